The summed E-state index contributed by atoms with van der Waals surface area (Å²) >= 11 is 4.19. The minimum absolute atomic E-state index is 0.0693. The quantitative estimate of drug-likeness (QED) is 0.417. The van der Waals surface area contributed by atoms with Gasteiger partial charge in [0, 0.05) is 24.0 Å². The number of alkyl halides is 3. The largest absolute Gasteiger partial charge is 0.490 e. The number of nitrogens with two attached hydrogens (primary N) is 1. The molecule has 0 aliphatic rings. The Hall–Kier alpha value is -2.45. The number of anilines is 1. The van der Waals surface area contributed by atoms with Gasteiger partial charge in [0.25, 0.3) is 0 Å². The second-order valence-electron chi connectivity index (χ2n) is 6.00. The average molecular weight is 412 g/mol. The molecule has 0 aromatic heterocycles. The van der Waals surface area contributed by atoms with E-state index < -0.39 is 12.1 Å². The second-order valence-corrected chi connectivity index (χ2v) is 6.36. The Kier molecular flexibility index (Phi) is 9.61. The normalized spacial score (nSPS) is 12.2. The van der Waals surface area contributed by atoms with Gasteiger partial charge in [-0.05, 0) is 30.2 Å². The van der Waals surface area contributed by atoms with Gasteiger partial charge in [0.05, 0.1) is 0 Å². The highest BCUT2D eigenvalue weighted by Gasteiger charge is 2.38. The molecule has 2 aromatic rings. The van der Waals surface area contributed by atoms with Crippen LogP contribution in [0.1, 0.15) is 16.7 Å². The van der Waals surface area contributed by atoms with Crippen molar-refractivity contribution < 1.29 is 23.1 Å². The van der Waals surface area contributed by atoms with E-state index in [9.17, 15) is 13.2 Å². The van der Waals surface area contributed by atoms with Crippen molar-refractivity contribution in [1.82, 2.24) is 0 Å². The SMILES string of the molecule is Cc1cccc(C=Cc2cccc(NC[C@@H](N)CS)c2)c1.O=C(O)C(F)(F)F. The number of aryl methyl sites for hydroxylation is 1. The summed E-state index contributed by atoms with van der Waals surface area (Å²) in [6.45, 7) is 2.83. The van der Waals surface area contributed by atoms with Crippen LogP contribution in [0.4, 0.5) is 18.9 Å². The first-order chi connectivity index (χ1) is 13.1. The highest BCUT2D eigenvalue weighted by atomic mass is 32.1. The van der Waals surface area contributed by atoms with Crippen LogP contribution in [0.3, 0.4) is 0 Å². The van der Waals surface area contributed by atoms with Crippen LogP contribution in [0.25, 0.3) is 12.2 Å². The summed E-state index contributed by atoms with van der Waals surface area (Å²) in [5.74, 6) is -2.08. The number of carboxylic acids is 1. The number of hydrogen-bond donors (Lipinski definition) is 4. The fourth-order valence-electron chi connectivity index (χ4n) is 2.03. The fraction of sp³-hybridized carbons (Fsp3) is 0.250. The molecular formula is C20H23F3N2O2S. The first-order valence-electron chi connectivity index (χ1n) is 8.37. The van der Waals surface area contributed by atoms with Crippen LogP contribution in [-0.2, 0) is 4.79 Å². The van der Waals surface area contributed by atoms with Crippen LogP contribution in [0.5, 0.6) is 0 Å². The lowest BCUT2D eigenvalue weighted by atomic mass is 10.1. The van der Waals surface area contributed by atoms with E-state index in [-0.39, 0.29) is 6.04 Å². The summed E-state index contributed by atoms with van der Waals surface area (Å²) in [5, 5.41) is 10.5. The summed E-state index contributed by atoms with van der Waals surface area (Å²) in [6.07, 6.45) is -0.829. The van der Waals surface area contributed by atoms with E-state index in [1.807, 2.05) is 6.07 Å². The van der Waals surface area contributed by atoms with Gasteiger partial charge in [-0.1, -0.05) is 54.1 Å². The number of rotatable bonds is 6. The Morgan fingerprint density at radius 3 is 2.21 bits per heavy atom. The monoisotopic (exact) mass is 412 g/mol. The third-order valence-corrected chi connectivity index (χ3v) is 3.91. The average Bonchev–Trinajstić information content (AvgIpc) is 2.64. The van der Waals surface area contributed by atoms with Gasteiger partial charge in [0.2, 0.25) is 0 Å². The van der Waals surface area contributed by atoms with Gasteiger partial charge in [0.1, 0.15) is 0 Å². The highest BCUT2D eigenvalue weighted by Crippen LogP contribution is 2.15. The molecule has 0 heterocycles. The van der Waals surface area contributed by atoms with Crippen LogP contribution < -0.4 is 11.1 Å². The molecular weight excluding hydrogens is 389 g/mol. The van der Waals surface area contributed by atoms with Crippen molar-refractivity contribution in [1.29, 1.82) is 0 Å². The lowest BCUT2D eigenvalue weighted by molar-refractivity contribution is -0.192. The van der Waals surface area contributed by atoms with Gasteiger partial charge in [-0.25, -0.2) is 4.79 Å². The maximum atomic E-state index is 10.6. The summed E-state index contributed by atoms with van der Waals surface area (Å²) in [5.41, 5.74) is 10.6. The van der Waals surface area contributed by atoms with E-state index in [0.717, 1.165) is 12.2 Å². The van der Waals surface area contributed by atoms with Crippen molar-refractivity contribution in [2.45, 2.75) is 19.1 Å². The van der Waals surface area contributed by atoms with Crippen molar-refractivity contribution >= 4 is 36.4 Å². The van der Waals surface area contributed by atoms with Crippen LogP contribution >= 0.6 is 12.6 Å². The zero-order valence-corrected chi connectivity index (χ0v) is 16.2. The molecule has 0 radical (unpaired) electrons. The van der Waals surface area contributed by atoms with Crippen molar-refractivity contribution in [2.24, 2.45) is 5.73 Å². The topological polar surface area (TPSA) is 75.3 Å². The van der Waals surface area contributed by atoms with Crippen LogP contribution in [0.15, 0.2) is 48.5 Å². The predicted molar refractivity (Wildman–Crippen MR) is 111 cm³/mol. The van der Waals surface area contributed by atoms with Crippen molar-refractivity contribution in [2.75, 3.05) is 17.6 Å². The molecule has 0 saturated heterocycles. The van der Waals surface area contributed by atoms with Crippen molar-refractivity contribution in [3.05, 3.63) is 65.2 Å². The van der Waals surface area contributed by atoms with Crippen molar-refractivity contribution in [3.63, 3.8) is 0 Å². The van der Waals surface area contributed by atoms with E-state index in [4.69, 9.17) is 15.6 Å². The molecule has 0 aliphatic carbocycles. The van der Waals surface area contributed by atoms with Gasteiger partial charge < -0.3 is 16.2 Å². The van der Waals surface area contributed by atoms with Gasteiger partial charge in [-0.3, -0.25) is 0 Å². The Morgan fingerprint density at radius 2 is 1.71 bits per heavy atom. The van der Waals surface area contributed by atoms with Gasteiger partial charge in [-0.15, -0.1) is 0 Å². The first kappa shape index (κ1) is 23.6. The highest BCUT2D eigenvalue weighted by molar-refractivity contribution is 7.80. The van der Waals surface area contributed by atoms with E-state index in [0.29, 0.717) is 5.75 Å². The second kappa shape index (κ2) is 11.4. The van der Waals surface area contributed by atoms with Gasteiger partial charge >= 0.3 is 12.1 Å². The number of nitrogens with one attached hydrogen (secondary N) is 1. The summed E-state index contributed by atoms with van der Waals surface area (Å²) in [4.78, 5) is 8.90. The van der Waals surface area contributed by atoms with Crippen LogP contribution in [-0.4, -0.2) is 35.6 Å². The third kappa shape index (κ3) is 9.48. The summed E-state index contributed by atoms with van der Waals surface area (Å²) in [7, 11) is 0. The Bertz CT molecular complexity index is 795. The fourth-order valence-corrected chi connectivity index (χ4v) is 2.16. The van der Waals surface area contributed by atoms with Crippen molar-refractivity contribution in [3.8, 4) is 0 Å². The molecule has 0 saturated carbocycles. The minimum atomic E-state index is -5.08. The lowest BCUT2D eigenvalue weighted by Crippen LogP contribution is -2.30. The number of aliphatic carboxylic acids is 1. The third-order valence-electron chi connectivity index (χ3n) is 3.44. The molecule has 0 amide bonds. The molecule has 0 spiro atoms. The van der Waals surface area contributed by atoms with Gasteiger partial charge in [-0.2, -0.15) is 25.8 Å². The van der Waals surface area contributed by atoms with Crippen LogP contribution in [0.2, 0.25) is 0 Å². The molecule has 4 N–H and O–H groups in total. The lowest BCUT2D eigenvalue weighted by Gasteiger charge is -2.11. The Morgan fingerprint density at radius 1 is 1.18 bits per heavy atom. The van der Waals surface area contributed by atoms with E-state index in [1.54, 1.807) is 0 Å². The number of carboxylic acid groups (broad SMARTS) is 1. The Labute approximate surface area is 167 Å². The summed E-state index contributed by atoms with van der Waals surface area (Å²) in [6, 6.07) is 16.8. The number of hydrogen-bond acceptors (Lipinski definition) is 4. The molecule has 0 aliphatic heterocycles. The minimum Gasteiger partial charge on any atom is -0.475 e. The molecule has 0 bridgehead atoms. The van der Waals surface area contributed by atoms with E-state index >= 15 is 0 Å². The summed E-state index contributed by atoms with van der Waals surface area (Å²) < 4.78 is 31.7. The molecule has 28 heavy (non-hydrogen) atoms. The number of benzene rings is 2. The number of thiol groups is 1. The van der Waals surface area contributed by atoms with Gasteiger partial charge in [0.15, 0.2) is 0 Å². The molecule has 152 valence electrons. The number of halogens is 3. The smallest absolute Gasteiger partial charge is 0.475 e. The molecule has 0 fully saturated rings. The first-order valence-corrected chi connectivity index (χ1v) is 9.00. The maximum absolute atomic E-state index is 10.6. The molecule has 2 aromatic carbocycles. The molecule has 2 rings (SSSR count). The molecule has 8 heteroatoms. The zero-order valence-electron chi connectivity index (χ0n) is 15.3. The molecule has 0 unspecified atom stereocenters. The van der Waals surface area contributed by atoms with E-state index in [1.165, 1.54) is 16.7 Å². The van der Waals surface area contributed by atoms with Crippen LogP contribution in [0, 0.1) is 6.92 Å². The standard InChI is InChI=1S/C18H22N2S.C2HF3O2/c1-14-4-2-5-15(10-14)8-9-16-6-3-7-18(11-16)20-12-17(19)13-21;3-2(4,5)1(6)7/h2-11,17,20-21H,12-13,19H2,1H3;(H,6,7)/t17-;/m1./s1. The zero-order chi connectivity index (χ0) is 21.2. The number of carbonyl (C=O) groups is 1. The predicted octanol–water partition coefficient (Wildman–Crippen LogP) is 4.47. The maximum Gasteiger partial charge on any atom is 0.490 e. The van der Waals surface area contributed by atoms with E-state index in [2.05, 4.69) is 79.5 Å². The molecule has 4 nitrogen and oxygen atoms in total. The molecule has 1 atom stereocenters. The Balaban J connectivity index is 0.000000480.